The summed E-state index contributed by atoms with van der Waals surface area (Å²) >= 11 is 0. The summed E-state index contributed by atoms with van der Waals surface area (Å²) in [6, 6.07) is 8.88. The van der Waals surface area contributed by atoms with Gasteiger partial charge in [-0.15, -0.1) is 0 Å². The van der Waals surface area contributed by atoms with Crippen LogP contribution in [0.15, 0.2) is 24.3 Å². The van der Waals surface area contributed by atoms with Crippen molar-refractivity contribution in [3.05, 3.63) is 29.8 Å². The van der Waals surface area contributed by atoms with Crippen LogP contribution < -0.4 is 19.9 Å². The van der Waals surface area contributed by atoms with E-state index in [0.29, 0.717) is 6.04 Å². The Morgan fingerprint density at radius 1 is 1.16 bits per heavy atom. The van der Waals surface area contributed by atoms with Crippen molar-refractivity contribution in [2.75, 3.05) is 33.3 Å². The van der Waals surface area contributed by atoms with Gasteiger partial charge in [-0.05, 0) is 44.0 Å². The Balaban J connectivity index is 1.43. The fourth-order valence-corrected chi connectivity index (χ4v) is 4.15. The molecule has 0 unspecified atom stereocenters. The molecule has 1 saturated carbocycles. The molecule has 138 valence electrons. The number of nitrogens with one attached hydrogen (secondary N) is 3. The number of quaternary nitrogens is 2. The lowest BCUT2D eigenvalue weighted by molar-refractivity contribution is -1.02. The first kappa shape index (κ1) is 18.2. The van der Waals surface area contributed by atoms with Crippen molar-refractivity contribution in [2.24, 2.45) is 0 Å². The van der Waals surface area contributed by atoms with Crippen LogP contribution >= 0.6 is 0 Å². The van der Waals surface area contributed by atoms with Gasteiger partial charge in [0, 0.05) is 11.6 Å². The van der Waals surface area contributed by atoms with Crippen LogP contribution in [0.5, 0.6) is 5.75 Å². The van der Waals surface area contributed by atoms with E-state index in [1.165, 1.54) is 23.3 Å². The zero-order valence-electron chi connectivity index (χ0n) is 15.6. The van der Waals surface area contributed by atoms with Gasteiger partial charge in [0.25, 0.3) is 5.91 Å². The summed E-state index contributed by atoms with van der Waals surface area (Å²) in [5.41, 5.74) is 1.35. The maximum absolute atomic E-state index is 12.5. The Bertz CT molecular complexity index is 547. The van der Waals surface area contributed by atoms with E-state index in [1.54, 1.807) is 12.0 Å². The van der Waals surface area contributed by atoms with E-state index < -0.39 is 0 Å². The van der Waals surface area contributed by atoms with E-state index >= 15 is 0 Å². The quantitative estimate of drug-likeness (QED) is 0.645. The second-order valence-corrected chi connectivity index (χ2v) is 7.64. The van der Waals surface area contributed by atoms with Crippen LogP contribution in [-0.2, 0) is 11.3 Å². The van der Waals surface area contributed by atoms with E-state index in [9.17, 15) is 4.79 Å². The predicted molar refractivity (Wildman–Crippen MR) is 98.0 cm³/mol. The molecule has 25 heavy (non-hydrogen) atoms. The van der Waals surface area contributed by atoms with Gasteiger partial charge in [0.1, 0.15) is 38.5 Å². The molecule has 0 aromatic heterocycles. The van der Waals surface area contributed by atoms with Crippen molar-refractivity contribution in [1.29, 1.82) is 0 Å². The first-order valence-corrected chi connectivity index (χ1v) is 9.77. The molecule has 0 bridgehead atoms. The Morgan fingerprint density at radius 2 is 1.80 bits per heavy atom. The summed E-state index contributed by atoms with van der Waals surface area (Å²) in [6.07, 6.45) is 4.85. The van der Waals surface area contributed by atoms with Crippen LogP contribution in [0.3, 0.4) is 0 Å². The molecule has 1 aliphatic carbocycles. The Labute approximate surface area is 151 Å². The molecule has 3 N–H and O–H groups in total. The molecule has 1 aromatic carbocycles. The molecule has 1 amide bonds. The van der Waals surface area contributed by atoms with E-state index in [-0.39, 0.29) is 11.9 Å². The molecule has 5 heteroatoms. The third-order valence-corrected chi connectivity index (χ3v) is 5.92. The van der Waals surface area contributed by atoms with Crippen molar-refractivity contribution in [2.45, 2.75) is 51.2 Å². The fraction of sp³-hybridized carbons (Fsp3) is 0.650. The molecule has 2 fully saturated rings. The zero-order chi connectivity index (χ0) is 17.6. The summed E-state index contributed by atoms with van der Waals surface area (Å²) in [7, 11) is 1.70. The molecular formula is C20H33N3O2+2. The van der Waals surface area contributed by atoms with Gasteiger partial charge in [0.05, 0.1) is 7.11 Å². The summed E-state index contributed by atoms with van der Waals surface area (Å²) in [4.78, 5) is 15.5. The maximum Gasteiger partial charge on any atom is 0.278 e. The maximum atomic E-state index is 12.5. The van der Waals surface area contributed by atoms with Crippen LogP contribution in [0, 0.1) is 0 Å². The summed E-state index contributed by atoms with van der Waals surface area (Å²) in [5, 5.41) is 3.26. The number of ether oxygens (including phenoxy) is 1. The SMILES string of the molecule is COc1ccc(C[NH+]2CC[NH+]([C@H](C)C(=O)NC3CCCC3)CC2)cc1. The average Bonchev–Trinajstić information content (AvgIpc) is 3.15. The minimum absolute atomic E-state index is 0.0723. The minimum Gasteiger partial charge on any atom is -0.497 e. The van der Waals surface area contributed by atoms with Crippen LogP contribution in [0.2, 0.25) is 0 Å². The molecule has 0 spiro atoms. The van der Waals surface area contributed by atoms with Crippen LogP contribution in [0.4, 0.5) is 0 Å². The predicted octanol–water partition coefficient (Wildman–Crippen LogP) is -0.574. The number of hydrogen-bond donors (Lipinski definition) is 3. The molecule has 0 radical (unpaired) electrons. The number of amides is 1. The zero-order valence-corrected chi connectivity index (χ0v) is 15.6. The number of hydrogen-bond acceptors (Lipinski definition) is 2. The molecule has 1 saturated heterocycles. The largest absolute Gasteiger partial charge is 0.497 e. The number of carbonyl (C=O) groups is 1. The van der Waals surface area contributed by atoms with Gasteiger partial charge in [-0.1, -0.05) is 12.8 Å². The molecule has 3 rings (SSSR count). The van der Waals surface area contributed by atoms with Crippen molar-refractivity contribution < 1.29 is 19.3 Å². The average molecular weight is 348 g/mol. The van der Waals surface area contributed by atoms with Gasteiger partial charge in [-0.25, -0.2) is 0 Å². The standard InChI is InChI=1S/C20H31N3O2/c1-16(20(24)21-18-5-3-4-6-18)23-13-11-22(12-14-23)15-17-7-9-19(25-2)10-8-17/h7-10,16,18H,3-6,11-15H2,1-2H3,(H,21,24)/p+2/t16-/m1/s1. The smallest absolute Gasteiger partial charge is 0.278 e. The molecule has 2 aliphatic rings. The lowest BCUT2D eigenvalue weighted by Gasteiger charge is -2.33. The molecule has 1 atom stereocenters. The van der Waals surface area contributed by atoms with Gasteiger partial charge in [-0.2, -0.15) is 0 Å². The normalized spacial score (nSPS) is 25.5. The lowest BCUT2D eigenvalue weighted by atomic mass is 10.1. The Morgan fingerprint density at radius 3 is 2.40 bits per heavy atom. The third-order valence-electron chi connectivity index (χ3n) is 5.92. The first-order chi connectivity index (χ1) is 12.2. The summed E-state index contributed by atoms with van der Waals surface area (Å²) < 4.78 is 5.22. The Kier molecular flexibility index (Phi) is 6.32. The molecule has 1 heterocycles. The van der Waals surface area contributed by atoms with Crippen molar-refractivity contribution in [3.8, 4) is 5.75 Å². The van der Waals surface area contributed by atoms with Crippen LogP contribution in [0.1, 0.15) is 38.2 Å². The summed E-state index contributed by atoms with van der Waals surface area (Å²) in [6.45, 7) is 7.55. The van der Waals surface area contributed by atoms with Gasteiger partial charge < -0.3 is 19.9 Å². The number of piperazine rings is 1. The molecule has 1 aromatic rings. The highest BCUT2D eigenvalue weighted by atomic mass is 16.5. The molecule has 5 nitrogen and oxygen atoms in total. The fourth-order valence-electron chi connectivity index (χ4n) is 4.15. The first-order valence-electron chi connectivity index (χ1n) is 9.77. The van der Waals surface area contributed by atoms with Crippen molar-refractivity contribution in [3.63, 3.8) is 0 Å². The monoisotopic (exact) mass is 347 g/mol. The molecule has 1 aliphatic heterocycles. The van der Waals surface area contributed by atoms with Crippen LogP contribution in [0.25, 0.3) is 0 Å². The van der Waals surface area contributed by atoms with Gasteiger partial charge in [0.2, 0.25) is 0 Å². The number of benzene rings is 1. The second-order valence-electron chi connectivity index (χ2n) is 7.64. The Hall–Kier alpha value is -1.59. The van der Waals surface area contributed by atoms with Gasteiger partial charge in [0.15, 0.2) is 6.04 Å². The highest BCUT2D eigenvalue weighted by molar-refractivity contribution is 5.80. The molecular weight excluding hydrogens is 314 g/mol. The minimum atomic E-state index is 0.0723. The number of methoxy groups -OCH3 is 1. The van der Waals surface area contributed by atoms with E-state index in [1.807, 2.05) is 12.1 Å². The topological polar surface area (TPSA) is 47.2 Å². The number of rotatable bonds is 6. The van der Waals surface area contributed by atoms with Crippen molar-refractivity contribution in [1.82, 2.24) is 5.32 Å². The highest BCUT2D eigenvalue weighted by Crippen LogP contribution is 2.17. The highest BCUT2D eigenvalue weighted by Gasteiger charge is 2.32. The van der Waals surface area contributed by atoms with E-state index in [4.69, 9.17) is 4.74 Å². The van der Waals surface area contributed by atoms with E-state index in [0.717, 1.165) is 51.3 Å². The van der Waals surface area contributed by atoms with Gasteiger partial charge >= 0.3 is 0 Å². The lowest BCUT2D eigenvalue weighted by Crippen LogP contribution is -3.29. The third kappa shape index (κ3) is 4.95. The van der Waals surface area contributed by atoms with Crippen molar-refractivity contribution >= 4 is 5.91 Å². The van der Waals surface area contributed by atoms with E-state index in [2.05, 4.69) is 24.4 Å². The second kappa shape index (κ2) is 8.68. The number of carbonyl (C=O) groups excluding carboxylic acids is 1. The van der Waals surface area contributed by atoms with Gasteiger partial charge in [-0.3, -0.25) is 4.79 Å². The van der Waals surface area contributed by atoms with Crippen LogP contribution in [-0.4, -0.2) is 51.3 Å². The summed E-state index contributed by atoms with van der Waals surface area (Å²) in [5.74, 6) is 1.16.